The number of benzene rings is 1. The monoisotopic (exact) mass is 274 g/mol. The molecule has 1 fully saturated rings. The second-order valence-corrected chi connectivity index (χ2v) is 5.60. The van der Waals surface area contributed by atoms with E-state index in [9.17, 15) is 4.79 Å². The van der Waals surface area contributed by atoms with Crippen molar-refractivity contribution in [2.45, 2.75) is 58.0 Å². The Kier molecular flexibility index (Phi) is 5.60. The third-order valence-electron chi connectivity index (χ3n) is 4.08. The summed E-state index contributed by atoms with van der Waals surface area (Å²) >= 11 is 0. The van der Waals surface area contributed by atoms with Crippen molar-refractivity contribution < 1.29 is 4.79 Å². The lowest BCUT2D eigenvalue weighted by Crippen LogP contribution is -2.37. The number of amides is 1. The summed E-state index contributed by atoms with van der Waals surface area (Å²) in [6.07, 6.45) is 5.75. The molecule has 0 aliphatic carbocycles. The third-order valence-corrected chi connectivity index (χ3v) is 4.08. The fraction of sp³-hybridized carbons (Fsp3) is 0.588. The Morgan fingerprint density at radius 2 is 1.95 bits per heavy atom. The number of carbonyl (C=O) groups is 1. The Labute approximate surface area is 122 Å². The van der Waals surface area contributed by atoms with Crippen molar-refractivity contribution in [2.24, 2.45) is 0 Å². The number of carbonyl (C=O) groups excluding carboxylic acids is 1. The maximum absolute atomic E-state index is 12.6. The molecule has 2 unspecified atom stereocenters. The zero-order valence-electron chi connectivity index (χ0n) is 12.6. The molecule has 1 N–H and O–H groups in total. The van der Waals surface area contributed by atoms with Gasteiger partial charge >= 0.3 is 0 Å². The molecule has 20 heavy (non-hydrogen) atoms. The largest absolute Gasteiger partial charge is 0.325 e. The smallest absolute Gasteiger partial charge is 0.245 e. The summed E-state index contributed by atoms with van der Waals surface area (Å²) in [6.45, 7) is 5.09. The van der Waals surface area contributed by atoms with Crippen LogP contribution in [0.4, 0.5) is 0 Å². The van der Waals surface area contributed by atoms with E-state index in [2.05, 4.69) is 24.1 Å². The van der Waals surface area contributed by atoms with Gasteiger partial charge in [-0.2, -0.15) is 0 Å². The second kappa shape index (κ2) is 7.44. The highest BCUT2D eigenvalue weighted by atomic mass is 16.2. The van der Waals surface area contributed by atoms with Crippen molar-refractivity contribution in [3.8, 4) is 0 Å². The van der Waals surface area contributed by atoms with Gasteiger partial charge in [0.2, 0.25) is 5.91 Å². The minimum absolute atomic E-state index is 0.155. The van der Waals surface area contributed by atoms with E-state index in [0.29, 0.717) is 12.7 Å². The quantitative estimate of drug-likeness (QED) is 0.825. The molecule has 1 aliphatic rings. The molecule has 2 atom stereocenters. The van der Waals surface area contributed by atoms with E-state index in [0.717, 1.165) is 24.8 Å². The molecule has 0 bridgehead atoms. The normalized spacial score (nSPS) is 20.4. The summed E-state index contributed by atoms with van der Waals surface area (Å²) < 4.78 is 0. The third kappa shape index (κ3) is 3.40. The van der Waals surface area contributed by atoms with Gasteiger partial charge in [0.25, 0.3) is 0 Å². The van der Waals surface area contributed by atoms with E-state index in [1.165, 1.54) is 12.8 Å². The molecule has 1 saturated heterocycles. The molecular weight excluding hydrogens is 248 g/mol. The number of hydrogen-bond acceptors (Lipinski definition) is 2. The molecule has 3 heteroatoms. The van der Waals surface area contributed by atoms with Gasteiger partial charge in [-0.15, -0.1) is 0 Å². The molecule has 3 nitrogen and oxygen atoms in total. The van der Waals surface area contributed by atoms with Crippen LogP contribution in [0, 0.1) is 0 Å². The predicted molar refractivity (Wildman–Crippen MR) is 82.3 cm³/mol. The second-order valence-electron chi connectivity index (χ2n) is 5.60. The van der Waals surface area contributed by atoms with Crippen LogP contribution in [-0.2, 0) is 4.79 Å². The number of unbranched alkanes of at least 4 members (excludes halogenated alkanes) is 1. The zero-order valence-corrected chi connectivity index (χ0v) is 12.6. The molecule has 0 aromatic heterocycles. The van der Waals surface area contributed by atoms with Crippen molar-refractivity contribution in [3.05, 3.63) is 35.9 Å². The van der Waals surface area contributed by atoms with Crippen LogP contribution in [0.1, 0.15) is 57.6 Å². The Hall–Kier alpha value is -1.35. The van der Waals surface area contributed by atoms with Crippen molar-refractivity contribution in [1.82, 2.24) is 10.2 Å². The van der Waals surface area contributed by atoms with Gasteiger partial charge in [-0.3, -0.25) is 10.1 Å². The Bertz CT molecular complexity index is 418. The summed E-state index contributed by atoms with van der Waals surface area (Å²) in [5.41, 5.74) is 1.07. The summed E-state index contributed by atoms with van der Waals surface area (Å²) in [4.78, 5) is 14.7. The predicted octanol–water partition coefficient (Wildman–Crippen LogP) is 3.48. The molecule has 0 radical (unpaired) electrons. The fourth-order valence-corrected chi connectivity index (χ4v) is 2.96. The highest BCUT2D eigenvalue weighted by Crippen LogP contribution is 2.25. The van der Waals surface area contributed by atoms with Gasteiger partial charge in [0.1, 0.15) is 6.04 Å². The standard InChI is InChI=1S/C17H26N2O/c1-3-5-12-15(9-4-2)19-13-18-16(17(19)20)14-10-7-6-8-11-14/h6-8,10-11,15-16,18H,3-5,9,12-13H2,1-2H3. The fourth-order valence-electron chi connectivity index (χ4n) is 2.96. The van der Waals surface area contributed by atoms with Crippen LogP contribution in [0.15, 0.2) is 30.3 Å². The lowest BCUT2D eigenvalue weighted by molar-refractivity contribution is -0.131. The molecule has 110 valence electrons. The van der Waals surface area contributed by atoms with Gasteiger partial charge in [0.05, 0.1) is 6.67 Å². The molecular formula is C17H26N2O. The van der Waals surface area contributed by atoms with E-state index in [1.807, 2.05) is 30.3 Å². The van der Waals surface area contributed by atoms with Crippen LogP contribution in [-0.4, -0.2) is 23.5 Å². The molecule has 1 aromatic rings. The maximum Gasteiger partial charge on any atom is 0.245 e. The van der Waals surface area contributed by atoms with Crippen LogP contribution < -0.4 is 5.32 Å². The van der Waals surface area contributed by atoms with Gasteiger partial charge in [0, 0.05) is 6.04 Å². The van der Waals surface area contributed by atoms with Crippen LogP contribution in [0.25, 0.3) is 0 Å². The van der Waals surface area contributed by atoms with E-state index in [-0.39, 0.29) is 11.9 Å². The minimum Gasteiger partial charge on any atom is -0.325 e. The van der Waals surface area contributed by atoms with E-state index in [4.69, 9.17) is 0 Å². The molecule has 1 heterocycles. The van der Waals surface area contributed by atoms with Gasteiger partial charge in [-0.05, 0) is 18.4 Å². The number of nitrogens with one attached hydrogen (secondary N) is 1. The molecule has 1 amide bonds. The highest BCUT2D eigenvalue weighted by Gasteiger charge is 2.35. The number of hydrogen-bond donors (Lipinski definition) is 1. The Morgan fingerprint density at radius 1 is 1.20 bits per heavy atom. The van der Waals surface area contributed by atoms with Crippen LogP contribution >= 0.6 is 0 Å². The van der Waals surface area contributed by atoms with Crippen LogP contribution in [0.5, 0.6) is 0 Å². The van der Waals surface area contributed by atoms with Gasteiger partial charge in [-0.25, -0.2) is 0 Å². The molecule has 1 aromatic carbocycles. The van der Waals surface area contributed by atoms with E-state index < -0.39 is 0 Å². The summed E-state index contributed by atoms with van der Waals surface area (Å²) in [5.74, 6) is 0.241. The van der Waals surface area contributed by atoms with Crippen molar-refractivity contribution in [1.29, 1.82) is 0 Å². The lowest BCUT2D eigenvalue weighted by atomic mass is 10.0. The SMILES string of the molecule is CCCCC(CCC)N1CNC(c2ccccc2)C1=O. The maximum atomic E-state index is 12.6. The number of nitrogens with zero attached hydrogens (tertiary/aromatic N) is 1. The first kappa shape index (κ1) is 15.0. The highest BCUT2D eigenvalue weighted by molar-refractivity contribution is 5.85. The van der Waals surface area contributed by atoms with Gasteiger partial charge < -0.3 is 4.90 Å². The van der Waals surface area contributed by atoms with Crippen molar-refractivity contribution in [3.63, 3.8) is 0 Å². The first-order chi connectivity index (χ1) is 9.77. The summed E-state index contributed by atoms with van der Waals surface area (Å²) in [6, 6.07) is 10.3. The zero-order chi connectivity index (χ0) is 14.4. The van der Waals surface area contributed by atoms with Crippen molar-refractivity contribution in [2.75, 3.05) is 6.67 Å². The van der Waals surface area contributed by atoms with Crippen molar-refractivity contribution >= 4 is 5.91 Å². The average molecular weight is 274 g/mol. The number of rotatable bonds is 7. The topological polar surface area (TPSA) is 32.3 Å². The molecule has 0 spiro atoms. The van der Waals surface area contributed by atoms with Gasteiger partial charge in [-0.1, -0.05) is 63.4 Å². The summed E-state index contributed by atoms with van der Waals surface area (Å²) in [5, 5.41) is 3.36. The summed E-state index contributed by atoms with van der Waals surface area (Å²) in [7, 11) is 0. The van der Waals surface area contributed by atoms with E-state index >= 15 is 0 Å². The molecule has 1 aliphatic heterocycles. The van der Waals surface area contributed by atoms with Gasteiger partial charge in [0.15, 0.2) is 0 Å². The first-order valence-corrected chi connectivity index (χ1v) is 7.86. The molecule has 0 saturated carbocycles. The first-order valence-electron chi connectivity index (χ1n) is 7.86. The average Bonchev–Trinajstić information content (AvgIpc) is 2.86. The van der Waals surface area contributed by atoms with E-state index in [1.54, 1.807) is 0 Å². The van der Waals surface area contributed by atoms with Crippen LogP contribution in [0.3, 0.4) is 0 Å². The lowest BCUT2D eigenvalue weighted by Gasteiger charge is -2.27. The Morgan fingerprint density at radius 3 is 2.60 bits per heavy atom. The van der Waals surface area contributed by atoms with Crippen LogP contribution in [0.2, 0.25) is 0 Å². The minimum atomic E-state index is -0.155. The Balaban J connectivity index is 2.05. The molecule has 2 rings (SSSR count).